The van der Waals surface area contributed by atoms with Gasteiger partial charge in [0.1, 0.15) is 5.54 Å². The fourth-order valence-electron chi connectivity index (χ4n) is 2.36. The lowest BCUT2D eigenvalue weighted by Crippen LogP contribution is -2.49. The van der Waals surface area contributed by atoms with E-state index in [4.69, 9.17) is 9.47 Å². The summed E-state index contributed by atoms with van der Waals surface area (Å²) in [5.41, 5.74) is -0.661. The van der Waals surface area contributed by atoms with Crippen molar-refractivity contribution in [2.24, 2.45) is 0 Å². The van der Waals surface area contributed by atoms with Gasteiger partial charge in [0.05, 0.1) is 18.4 Å². The van der Waals surface area contributed by atoms with Crippen LogP contribution in [0.15, 0.2) is 30.3 Å². The van der Waals surface area contributed by atoms with E-state index in [0.29, 0.717) is 12.2 Å². The van der Waals surface area contributed by atoms with Crippen LogP contribution in [0, 0.1) is 11.3 Å². The minimum Gasteiger partial charge on any atom is -0.353 e. The number of hydrogen-bond acceptors (Lipinski definition) is 5. The van der Waals surface area contributed by atoms with Gasteiger partial charge in [-0.25, -0.2) is 8.42 Å². The van der Waals surface area contributed by atoms with Gasteiger partial charge >= 0.3 is 0 Å². The van der Waals surface area contributed by atoms with E-state index in [1.807, 2.05) is 12.1 Å². The normalized spacial score (nSPS) is 21.3. The highest BCUT2D eigenvalue weighted by Crippen LogP contribution is 2.17. The van der Waals surface area contributed by atoms with Gasteiger partial charge in [0.25, 0.3) is 0 Å². The third kappa shape index (κ3) is 5.92. The molecular weight excluding hydrogens is 316 g/mol. The maximum atomic E-state index is 12.3. The molecular formula is C16H22N2O4S. The number of nitrogens with one attached hydrogen (secondary N) is 1. The fraction of sp³-hybridized carbons (Fsp3) is 0.562. The van der Waals surface area contributed by atoms with E-state index < -0.39 is 15.6 Å². The first-order valence-corrected chi connectivity index (χ1v) is 9.28. The molecule has 2 unspecified atom stereocenters. The molecule has 0 aliphatic carbocycles. The third-order valence-corrected chi connectivity index (χ3v) is 5.00. The molecule has 1 aromatic carbocycles. The van der Waals surface area contributed by atoms with Gasteiger partial charge < -0.3 is 9.47 Å². The Morgan fingerprint density at radius 2 is 2.13 bits per heavy atom. The van der Waals surface area contributed by atoms with Crippen LogP contribution in [0.3, 0.4) is 0 Å². The molecule has 0 bridgehead atoms. The monoisotopic (exact) mass is 338 g/mol. The summed E-state index contributed by atoms with van der Waals surface area (Å²) in [7, 11) is -3.65. The summed E-state index contributed by atoms with van der Waals surface area (Å²) in [6.45, 7) is 2.09. The number of rotatable bonds is 7. The summed E-state index contributed by atoms with van der Waals surface area (Å²) in [5, 5.41) is 9.35. The SMILES string of the molecule is CC(C#N)(COC1CCCCO1)NS(=O)(=O)Cc1ccccc1. The Hall–Kier alpha value is -1.46. The molecule has 1 fully saturated rings. The lowest BCUT2D eigenvalue weighted by molar-refractivity contribution is -0.168. The smallest absolute Gasteiger partial charge is 0.217 e. The third-order valence-electron chi connectivity index (χ3n) is 3.52. The molecule has 0 amide bonds. The predicted molar refractivity (Wildman–Crippen MR) is 85.8 cm³/mol. The van der Waals surface area contributed by atoms with Gasteiger partial charge in [0.15, 0.2) is 6.29 Å². The van der Waals surface area contributed by atoms with Crippen molar-refractivity contribution in [3.8, 4) is 6.07 Å². The molecule has 0 saturated carbocycles. The van der Waals surface area contributed by atoms with Crippen molar-refractivity contribution in [2.45, 2.75) is 43.8 Å². The maximum absolute atomic E-state index is 12.3. The highest BCUT2D eigenvalue weighted by atomic mass is 32.2. The molecule has 1 aromatic rings. The second kappa shape index (κ2) is 7.88. The van der Waals surface area contributed by atoms with Gasteiger partial charge in [-0.1, -0.05) is 30.3 Å². The lowest BCUT2D eigenvalue weighted by atomic mass is 10.1. The first-order chi connectivity index (χ1) is 10.9. The maximum Gasteiger partial charge on any atom is 0.217 e. The molecule has 6 nitrogen and oxygen atoms in total. The van der Waals surface area contributed by atoms with Crippen LogP contribution in [0.1, 0.15) is 31.7 Å². The molecule has 1 N–H and O–H groups in total. The number of nitrogens with zero attached hydrogens (tertiary/aromatic N) is 1. The summed E-state index contributed by atoms with van der Waals surface area (Å²) in [5.74, 6) is -0.176. The minimum atomic E-state index is -3.65. The van der Waals surface area contributed by atoms with Gasteiger partial charge in [-0.15, -0.1) is 0 Å². The lowest BCUT2D eigenvalue weighted by Gasteiger charge is -2.28. The number of nitriles is 1. The molecule has 0 aromatic heterocycles. The van der Waals surface area contributed by atoms with Crippen LogP contribution in [-0.2, 0) is 25.2 Å². The quantitative estimate of drug-likeness (QED) is 0.820. The first kappa shape index (κ1) is 17.9. The zero-order chi connectivity index (χ0) is 16.8. The standard InChI is InChI=1S/C16H22N2O4S/c1-16(12-17,13-22-15-9-5-6-10-21-15)18-23(19,20)11-14-7-3-2-4-8-14/h2-4,7-8,15,18H,5-6,9-11,13H2,1H3. The molecule has 23 heavy (non-hydrogen) atoms. The molecule has 126 valence electrons. The number of benzene rings is 1. The van der Waals surface area contributed by atoms with Crippen molar-refractivity contribution in [1.29, 1.82) is 5.26 Å². The second-order valence-electron chi connectivity index (χ2n) is 5.90. The van der Waals surface area contributed by atoms with E-state index in [2.05, 4.69) is 4.72 Å². The van der Waals surface area contributed by atoms with Gasteiger partial charge in [0.2, 0.25) is 10.0 Å². The zero-order valence-corrected chi connectivity index (χ0v) is 14.0. The summed E-state index contributed by atoms with van der Waals surface area (Å²) in [6, 6.07) is 10.8. The molecule has 7 heteroatoms. The number of sulfonamides is 1. The zero-order valence-electron chi connectivity index (χ0n) is 13.2. The Balaban J connectivity index is 1.94. The highest BCUT2D eigenvalue weighted by Gasteiger charge is 2.31. The molecule has 1 heterocycles. The van der Waals surface area contributed by atoms with Crippen molar-refractivity contribution in [3.63, 3.8) is 0 Å². The van der Waals surface area contributed by atoms with Gasteiger partial charge in [-0.05, 0) is 31.7 Å². The Morgan fingerprint density at radius 1 is 1.39 bits per heavy atom. The molecule has 2 rings (SSSR count). The van der Waals surface area contributed by atoms with Crippen molar-refractivity contribution in [1.82, 2.24) is 4.72 Å². The van der Waals surface area contributed by atoms with Gasteiger partial charge in [-0.2, -0.15) is 9.98 Å². The van der Waals surface area contributed by atoms with Crippen LogP contribution < -0.4 is 4.72 Å². The summed E-state index contributed by atoms with van der Waals surface area (Å²) in [6.07, 6.45) is 2.40. The summed E-state index contributed by atoms with van der Waals surface area (Å²) >= 11 is 0. The average molecular weight is 338 g/mol. The van der Waals surface area contributed by atoms with Gasteiger partial charge in [0, 0.05) is 6.61 Å². The Labute approximate surface area is 137 Å². The molecule has 1 aliphatic heterocycles. The minimum absolute atomic E-state index is 0.0534. The Bertz CT molecular complexity index is 636. The van der Waals surface area contributed by atoms with E-state index in [1.165, 1.54) is 6.92 Å². The van der Waals surface area contributed by atoms with Crippen molar-refractivity contribution in [3.05, 3.63) is 35.9 Å². The van der Waals surface area contributed by atoms with Crippen LogP contribution in [0.5, 0.6) is 0 Å². The molecule has 1 aliphatic rings. The van der Waals surface area contributed by atoms with Crippen molar-refractivity contribution >= 4 is 10.0 Å². The molecule has 0 radical (unpaired) electrons. The van der Waals surface area contributed by atoms with E-state index in [9.17, 15) is 13.7 Å². The van der Waals surface area contributed by atoms with E-state index in [0.717, 1.165) is 19.3 Å². The first-order valence-electron chi connectivity index (χ1n) is 7.62. The molecule has 2 atom stereocenters. The van der Waals surface area contributed by atoms with Crippen LogP contribution in [0.4, 0.5) is 0 Å². The molecule has 0 spiro atoms. The van der Waals surface area contributed by atoms with E-state index in [-0.39, 0.29) is 18.6 Å². The van der Waals surface area contributed by atoms with Crippen LogP contribution >= 0.6 is 0 Å². The highest BCUT2D eigenvalue weighted by molar-refractivity contribution is 7.88. The van der Waals surface area contributed by atoms with E-state index >= 15 is 0 Å². The summed E-state index contributed by atoms with van der Waals surface area (Å²) in [4.78, 5) is 0. The van der Waals surface area contributed by atoms with Crippen molar-refractivity contribution < 1.29 is 17.9 Å². The van der Waals surface area contributed by atoms with Crippen LogP contribution in [-0.4, -0.2) is 33.5 Å². The van der Waals surface area contributed by atoms with Crippen LogP contribution in [0.2, 0.25) is 0 Å². The molecule has 1 saturated heterocycles. The second-order valence-corrected chi connectivity index (χ2v) is 7.62. The Kier molecular flexibility index (Phi) is 6.13. The predicted octanol–water partition coefficient (Wildman–Crippen LogP) is 1.93. The fourth-order valence-corrected chi connectivity index (χ4v) is 3.85. The Morgan fingerprint density at radius 3 is 2.74 bits per heavy atom. The largest absolute Gasteiger partial charge is 0.353 e. The summed E-state index contributed by atoms with van der Waals surface area (Å²) < 4.78 is 38.0. The number of ether oxygens (including phenoxy) is 2. The number of hydrogen-bond donors (Lipinski definition) is 1. The van der Waals surface area contributed by atoms with Crippen molar-refractivity contribution in [2.75, 3.05) is 13.2 Å². The average Bonchev–Trinajstić information content (AvgIpc) is 2.54. The topological polar surface area (TPSA) is 88.4 Å². The van der Waals surface area contributed by atoms with Gasteiger partial charge in [-0.3, -0.25) is 0 Å². The van der Waals surface area contributed by atoms with Crippen LogP contribution in [0.25, 0.3) is 0 Å². The van der Waals surface area contributed by atoms with E-state index in [1.54, 1.807) is 24.3 Å².